The van der Waals surface area contributed by atoms with Gasteiger partial charge in [-0.1, -0.05) is 6.42 Å². The predicted molar refractivity (Wildman–Crippen MR) is 114 cm³/mol. The van der Waals surface area contributed by atoms with Crippen molar-refractivity contribution in [1.82, 2.24) is 9.80 Å². The van der Waals surface area contributed by atoms with E-state index in [1.54, 1.807) is 11.8 Å². The number of carbonyl (C=O) groups excluding carboxylic acids is 3. The Hall–Kier alpha value is -2.55. The number of amides is 2. The van der Waals surface area contributed by atoms with E-state index in [0.29, 0.717) is 38.3 Å². The summed E-state index contributed by atoms with van der Waals surface area (Å²) in [6, 6.07) is 1.77. The first-order chi connectivity index (χ1) is 15.8. The maximum absolute atomic E-state index is 13.9. The van der Waals surface area contributed by atoms with Crippen LogP contribution in [0, 0.1) is 17.6 Å². The number of nitrogens with zero attached hydrogens (tertiary/aromatic N) is 2. The highest BCUT2D eigenvalue weighted by molar-refractivity contribution is 5.98. The molecule has 2 aliphatic heterocycles. The third kappa shape index (κ3) is 4.74. The quantitative estimate of drug-likeness (QED) is 0.640. The standard InChI is InChI=1S/C24H30F2N2O5/c1-2-32-23(31)16-7-6-10-27(14-16)22(30)20-15-33-24(8-4-3-5-9-24)28(20)21(29)17-11-18(25)13-19(26)12-17/h11-13,16,20H,2-10,14-15H2,1H3/t16-,20-/m0/s1. The molecule has 0 unspecified atom stereocenters. The summed E-state index contributed by atoms with van der Waals surface area (Å²) in [5.74, 6) is -3.37. The van der Waals surface area contributed by atoms with Gasteiger partial charge in [-0.3, -0.25) is 19.3 Å². The lowest BCUT2D eigenvalue weighted by Crippen LogP contribution is -2.58. The van der Waals surface area contributed by atoms with Gasteiger partial charge in [-0.15, -0.1) is 0 Å². The monoisotopic (exact) mass is 464 g/mol. The maximum Gasteiger partial charge on any atom is 0.310 e. The molecule has 4 rings (SSSR count). The van der Waals surface area contributed by atoms with Crippen molar-refractivity contribution in [3.05, 3.63) is 35.4 Å². The molecule has 1 spiro atoms. The van der Waals surface area contributed by atoms with Crippen LogP contribution >= 0.6 is 0 Å². The van der Waals surface area contributed by atoms with E-state index in [1.165, 1.54) is 4.90 Å². The van der Waals surface area contributed by atoms with Crippen molar-refractivity contribution in [2.24, 2.45) is 5.92 Å². The van der Waals surface area contributed by atoms with Crippen LogP contribution < -0.4 is 0 Å². The van der Waals surface area contributed by atoms with Gasteiger partial charge in [0.1, 0.15) is 23.4 Å². The molecule has 2 atom stereocenters. The fraction of sp³-hybridized carbons (Fsp3) is 0.625. The van der Waals surface area contributed by atoms with Crippen molar-refractivity contribution in [3.63, 3.8) is 0 Å². The number of likely N-dealkylation sites (tertiary alicyclic amines) is 1. The lowest BCUT2D eigenvalue weighted by molar-refractivity contribution is -0.152. The molecular formula is C24H30F2N2O5. The molecule has 180 valence electrons. The normalized spacial score (nSPS) is 24.7. The summed E-state index contributed by atoms with van der Waals surface area (Å²) in [7, 11) is 0. The van der Waals surface area contributed by atoms with Crippen LogP contribution in [0.25, 0.3) is 0 Å². The lowest BCUT2D eigenvalue weighted by Gasteiger charge is -2.42. The smallest absolute Gasteiger partial charge is 0.310 e. The van der Waals surface area contributed by atoms with Crippen molar-refractivity contribution in [1.29, 1.82) is 0 Å². The van der Waals surface area contributed by atoms with Gasteiger partial charge in [0, 0.05) is 24.7 Å². The van der Waals surface area contributed by atoms with Gasteiger partial charge < -0.3 is 14.4 Å². The third-order valence-electron chi connectivity index (χ3n) is 6.86. The molecule has 1 aromatic carbocycles. The Morgan fingerprint density at radius 1 is 1.09 bits per heavy atom. The molecule has 0 aromatic heterocycles. The van der Waals surface area contributed by atoms with Gasteiger partial charge in [-0.2, -0.15) is 0 Å². The SMILES string of the molecule is CCOC(=O)[C@H]1CCCN(C(=O)[C@@H]2COC3(CCCCC3)N2C(=O)c2cc(F)cc(F)c2)C1. The van der Waals surface area contributed by atoms with Gasteiger partial charge >= 0.3 is 5.97 Å². The van der Waals surface area contributed by atoms with Crippen LogP contribution in [0.2, 0.25) is 0 Å². The first-order valence-electron chi connectivity index (χ1n) is 11.7. The van der Waals surface area contributed by atoms with Gasteiger partial charge in [-0.25, -0.2) is 8.78 Å². The van der Waals surface area contributed by atoms with Crippen LogP contribution in [0.1, 0.15) is 62.2 Å². The average molecular weight is 465 g/mol. The number of rotatable bonds is 4. The highest BCUT2D eigenvalue weighted by Crippen LogP contribution is 2.42. The Bertz CT molecular complexity index is 898. The molecule has 2 heterocycles. The molecule has 33 heavy (non-hydrogen) atoms. The molecule has 0 bridgehead atoms. The van der Waals surface area contributed by atoms with Crippen LogP contribution in [-0.2, 0) is 19.1 Å². The summed E-state index contributed by atoms with van der Waals surface area (Å²) < 4.78 is 39.0. The van der Waals surface area contributed by atoms with Crippen molar-refractivity contribution in [2.45, 2.75) is 63.6 Å². The fourth-order valence-electron chi connectivity index (χ4n) is 5.32. The van der Waals surface area contributed by atoms with Crippen LogP contribution in [0.3, 0.4) is 0 Å². The van der Waals surface area contributed by atoms with Crippen LogP contribution in [-0.4, -0.2) is 65.7 Å². The minimum absolute atomic E-state index is 0.0168. The predicted octanol–water partition coefficient (Wildman–Crippen LogP) is 3.27. The van der Waals surface area contributed by atoms with E-state index in [0.717, 1.165) is 31.4 Å². The highest BCUT2D eigenvalue weighted by atomic mass is 19.1. The van der Waals surface area contributed by atoms with E-state index >= 15 is 0 Å². The van der Waals surface area contributed by atoms with E-state index in [4.69, 9.17) is 9.47 Å². The van der Waals surface area contributed by atoms with E-state index in [1.807, 2.05) is 0 Å². The topological polar surface area (TPSA) is 76.2 Å². The number of esters is 1. The molecule has 3 fully saturated rings. The number of piperidine rings is 1. The molecule has 0 radical (unpaired) electrons. The second kappa shape index (κ2) is 9.75. The summed E-state index contributed by atoms with van der Waals surface area (Å²) in [4.78, 5) is 42.4. The summed E-state index contributed by atoms with van der Waals surface area (Å²) in [5.41, 5.74) is -1.11. The second-order valence-corrected chi connectivity index (χ2v) is 9.04. The summed E-state index contributed by atoms with van der Waals surface area (Å²) in [6.07, 6.45) is 5.06. The van der Waals surface area contributed by atoms with Crippen LogP contribution in [0.4, 0.5) is 8.78 Å². The minimum Gasteiger partial charge on any atom is -0.466 e. The maximum atomic E-state index is 13.9. The minimum atomic E-state index is -0.964. The van der Waals surface area contributed by atoms with Crippen molar-refractivity contribution in [3.8, 4) is 0 Å². The molecule has 2 saturated heterocycles. The molecule has 3 aliphatic rings. The molecule has 1 saturated carbocycles. The molecule has 1 aliphatic carbocycles. The van der Waals surface area contributed by atoms with Crippen molar-refractivity contribution < 1.29 is 32.6 Å². The van der Waals surface area contributed by atoms with E-state index in [9.17, 15) is 23.2 Å². The number of halogens is 2. The molecule has 1 aromatic rings. The largest absolute Gasteiger partial charge is 0.466 e. The Morgan fingerprint density at radius 3 is 2.45 bits per heavy atom. The number of hydrogen-bond donors (Lipinski definition) is 0. The van der Waals surface area contributed by atoms with Gasteiger partial charge in [0.05, 0.1) is 19.1 Å². The first-order valence-corrected chi connectivity index (χ1v) is 11.7. The summed E-state index contributed by atoms with van der Waals surface area (Å²) >= 11 is 0. The number of carbonyl (C=O) groups is 3. The van der Waals surface area contributed by atoms with Gasteiger partial charge in [0.2, 0.25) is 5.91 Å². The number of ether oxygens (including phenoxy) is 2. The lowest BCUT2D eigenvalue weighted by atomic mass is 9.89. The van der Waals surface area contributed by atoms with Gasteiger partial charge in [0.25, 0.3) is 5.91 Å². The zero-order valence-electron chi connectivity index (χ0n) is 18.9. The Kier molecular flexibility index (Phi) is 6.97. The van der Waals surface area contributed by atoms with Crippen molar-refractivity contribution in [2.75, 3.05) is 26.3 Å². The van der Waals surface area contributed by atoms with E-state index in [2.05, 4.69) is 0 Å². The van der Waals surface area contributed by atoms with Crippen LogP contribution in [0.15, 0.2) is 18.2 Å². The first kappa shape index (κ1) is 23.6. The molecule has 9 heteroatoms. The van der Waals surface area contributed by atoms with E-state index < -0.39 is 35.2 Å². The Labute approximate surface area is 192 Å². The van der Waals surface area contributed by atoms with Gasteiger partial charge in [-0.05, 0) is 57.6 Å². The Balaban J connectivity index is 1.61. The molecule has 2 amide bonds. The fourth-order valence-corrected chi connectivity index (χ4v) is 5.32. The third-order valence-corrected chi connectivity index (χ3v) is 6.86. The number of hydrogen-bond acceptors (Lipinski definition) is 5. The Morgan fingerprint density at radius 2 is 1.79 bits per heavy atom. The number of benzene rings is 1. The van der Waals surface area contributed by atoms with Crippen LogP contribution in [0.5, 0.6) is 0 Å². The second-order valence-electron chi connectivity index (χ2n) is 9.04. The average Bonchev–Trinajstić information content (AvgIpc) is 3.16. The molecule has 7 nitrogen and oxygen atoms in total. The molecule has 0 N–H and O–H groups in total. The zero-order chi connectivity index (χ0) is 23.6. The zero-order valence-corrected chi connectivity index (χ0v) is 18.9. The summed E-state index contributed by atoms with van der Waals surface area (Å²) in [6.45, 7) is 2.71. The highest BCUT2D eigenvalue weighted by Gasteiger charge is 2.54. The van der Waals surface area contributed by atoms with E-state index in [-0.39, 0.29) is 37.2 Å². The molecular weight excluding hydrogens is 434 g/mol. The van der Waals surface area contributed by atoms with Gasteiger partial charge in [0.15, 0.2) is 0 Å². The summed E-state index contributed by atoms with van der Waals surface area (Å²) in [5, 5.41) is 0. The van der Waals surface area contributed by atoms with Crippen molar-refractivity contribution >= 4 is 17.8 Å².